The molecule has 1 aliphatic rings. The van der Waals surface area contributed by atoms with Gasteiger partial charge in [-0.2, -0.15) is 0 Å². The first-order valence-electron chi connectivity index (χ1n) is 11.8. The number of aromatic nitrogens is 1. The minimum atomic E-state index is -0.885. The number of rotatable bonds is 7. The highest BCUT2D eigenvalue weighted by Crippen LogP contribution is 2.31. The summed E-state index contributed by atoms with van der Waals surface area (Å²) in [6.45, 7) is 2.06. The van der Waals surface area contributed by atoms with Crippen LogP contribution in [0.25, 0.3) is 22.6 Å². The van der Waals surface area contributed by atoms with E-state index in [0.717, 1.165) is 21.5 Å². The quantitative estimate of drug-likeness (QED) is 0.307. The van der Waals surface area contributed by atoms with Crippen molar-refractivity contribution < 1.29 is 18.8 Å². The molecule has 8 heteroatoms. The maximum Gasteiger partial charge on any atom is 0.257 e. The fraction of sp³-hybridized carbons (Fsp3) is 0.214. The second-order valence-corrected chi connectivity index (χ2v) is 9.09. The number of imide groups is 1. The summed E-state index contributed by atoms with van der Waals surface area (Å²) in [7, 11) is 0. The van der Waals surface area contributed by atoms with Crippen LogP contribution in [0, 0.1) is 0 Å². The van der Waals surface area contributed by atoms with Crippen molar-refractivity contribution in [1.82, 2.24) is 9.88 Å². The first kappa shape index (κ1) is 23.8. The number of fused-ring (bicyclic) bond motifs is 1. The number of oxazole rings is 1. The van der Waals surface area contributed by atoms with Crippen LogP contribution in [0.2, 0.25) is 5.02 Å². The van der Waals surface area contributed by atoms with E-state index in [0.29, 0.717) is 28.6 Å². The number of para-hydroxylation sites is 2. The molecule has 0 spiro atoms. The molecule has 0 bridgehead atoms. The predicted octanol–water partition coefficient (Wildman–Crippen LogP) is 5.61. The van der Waals surface area contributed by atoms with Crippen LogP contribution >= 0.6 is 11.6 Å². The molecule has 1 atom stereocenters. The number of hydrogen-bond donors (Lipinski definition) is 0. The number of carbonyl (C=O) groups excluding carboxylic acids is 3. The summed E-state index contributed by atoms with van der Waals surface area (Å²) in [5.74, 6) is -0.508. The van der Waals surface area contributed by atoms with Crippen molar-refractivity contribution in [3.63, 3.8) is 0 Å². The zero-order valence-electron chi connectivity index (χ0n) is 19.7. The largest absolute Gasteiger partial charge is 0.436 e. The van der Waals surface area contributed by atoms with Gasteiger partial charge in [0.2, 0.25) is 17.7 Å². The lowest BCUT2D eigenvalue weighted by molar-refractivity contribution is -0.139. The third kappa shape index (κ3) is 4.50. The fourth-order valence-electron chi connectivity index (χ4n) is 4.42. The van der Waals surface area contributed by atoms with Crippen molar-refractivity contribution in [1.29, 1.82) is 0 Å². The predicted molar refractivity (Wildman–Crippen MR) is 137 cm³/mol. The normalized spacial score (nSPS) is 15.6. The average molecular weight is 502 g/mol. The number of hydrogen-bond acceptors (Lipinski definition) is 5. The molecule has 5 rings (SSSR count). The van der Waals surface area contributed by atoms with Gasteiger partial charge in [0, 0.05) is 23.6 Å². The molecule has 2 heterocycles. The van der Waals surface area contributed by atoms with E-state index >= 15 is 0 Å². The molecule has 0 N–H and O–H groups in total. The van der Waals surface area contributed by atoms with E-state index in [1.165, 1.54) is 4.90 Å². The van der Waals surface area contributed by atoms with Gasteiger partial charge in [-0.15, -0.1) is 0 Å². The minimum Gasteiger partial charge on any atom is -0.436 e. The van der Waals surface area contributed by atoms with Crippen molar-refractivity contribution in [3.8, 4) is 11.5 Å². The van der Waals surface area contributed by atoms with E-state index in [4.69, 9.17) is 16.0 Å². The standard InChI is InChI=1S/C28H24ClN3O4/c1-2-7-25(33)31(17-19-8-3-4-9-21(19)29)23-16-26(34)32(28(23)35)20-14-12-18(13-15-20)27-30-22-10-5-6-11-24(22)36-27/h3-6,8-15,23H,2,7,16-17H2,1H3. The van der Waals surface area contributed by atoms with Crippen molar-refractivity contribution >= 4 is 46.1 Å². The van der Waals surface area contributed by atoms with E-state index in [-0.39, 0.29) is 31.2 Å². The van der Waals surface area contributed by atoms with Gasteiger partial charge in [-0.05, 0) is 54.4 Å². The average Bonchev–Trinajstić information content (AvgIpc) is 3.44. The molecule has 7 nitrogen and oxygen atoms in total. The zero-order valence-corrected chi connectivity index (χ0v) is 20.4. The molecule has 1 aromatic heterocycles. The van der Waals surface area contributed by atoms with Crippen molar-refractivity contribution in [2.45, 2.75) is 38.8 Å². The van der Waals surface area contributed by atoms with E-state index in [1.54, 1.807) is 36.4 Å². The zero-order chi connectivity index (χ0) is 25.2. The maximum atomic E-state index is 13.5. The Kier molecular flexibility index (Phi) is 6.57. The number of benzene rings is 3. The third-order valence-electron chi connectivity index (χ3n) is 6.25. The van der Waals surface area contributed by atoms with Gasteiger partial charge in [0.1, 0.15) is 11.6 Å². The third-order valence-corrected chi connectivity index (χ3v) is 6.62. The van der Waals surface area contributed by atoms with E-state index in [2.05, 4.69) is 4.98 Å². The van der Waals surface area contributed by atoms with Gasteiger partial charge < -0.3 is 9.32 Å². The Morgan fingerprint density at radius 3 is 2.50 bits per heavy atom. The molecule has 182 valence electrons. The number of halogens is 1. The van der Waals surface area contributed by atoms with Crippen LogP contribution in [-0.2, 0) is 20.9 Å². The number of carbonyl (C=O) groups is 3. The molecule has 4 aromatic rings. The molecular weight excluding hydrogens is 478 g/mol. The van der Waals surface area contributed by atoms with Crippen LogP contribution in [0.4, 0.5) is 5.69 Å². The van der Waals surface area contributed by atoms with Crippen molar-refractivity contribution in [3.05, 3.63) is 83.4 Å². The second-order valence-electron chi connectivity index (χ2n) is 8.68. The molecule has 3 amide bonds. The number of anilines is 1. The summed E-state index contributed by atoms with van der Waals surface area (Å²) in [4.78, 5) is 46.6. The minimum absolute atomic E-state index is 0.0778. The first-order valence-corrected chi connectivity index (χ1v) is 12.2. The van der Waals surface area contributed by atoms with Crippen molar-refractivity contribution in [2.75, 3.05) is 4.90 Å². The summed E-state index contributed by atoms with van der Waals surface area (Å²) in [5, 5.41) is 0.509. The van der Waals surface area contributed by atoms with Crippen LogP contribution in [0.5, 0.6) is 0 Å². The van der Waals surface area contributed by atoms with E-state index in [9.17, 15) is 14.4 Å². The highest BCUT2D eigenvalue weighted by atomic mass is 35.5. The van der Waals surface area contributed by atoms with Crippen LogP contribution < -0.4 is 4.90 Å². The van der Waals surface area contributed by atoms with Gasteiger partial charge in [-0.3, -0.25) is 14.4 Å². The molecule has 0 radical (unpaired) electrons. The van der Waals surface area contributed by atoms with Gasteiger partial charge >= 0.3 is 0 Å². The molecule has 1 unspecified atom stereocenters. The number of amides is 3. The van der Waals surface area contributed by atoms with Gasteiger partial charge in [0.25, 0.3) is 5.91 Å². The summed E-state index contributed by atoms with van der Waals surface area (Å²) in [6.07, 6.45) is 0.834. The summed E-state index contributed by atoms with van der Waals surface area (Å²) < 4.78 is 5.81. The Morgan fingerprint density at radius 1 is 1.06 bits per heavy atom. The lowest BCUT2D eigenvalue weighted by Gasteiger charge is -2.28. The van der Waals surface area contributed by atoms with E-state index < -0.39 is 11.9 Å². The molecule has 0 saturated carbocycles. The van der Waals surface area contributed by atoms with Gasteiger partial charge in [0.15, 0.2) is 5.58 Å². The Bertz CT molecular complexity index is 1410. The Balaban J connectivity index is 1.40. The maximum absolute atomic E-state index is 13.5. The van der Waals surface area contributed by atoms with Gasteiger partial charge in [0.05, 0.1) is 12.1 Å². The Labute approximate surface area is 213 Å². The lowest BCUT2D eigenvalue weighted by atomic mass is 10.1. The number of nitrogens with zero attached hydrogens (tertiary/aromatic N) is 3. The summed E-state index contributed by atoms with van der Waals surface area (Å²) >= 11 is 6.32. The van der Waals surface area contributed by atoms with Crippen LogP contribution in [0.1, 0.15) is 31.7 Å². The van der Waals surface area contributed by atoms with Gasteiger partial charge in [-0.25, -0.2) is 9.88 Å². The molecule has 1 saturated heterocycles. The monoisotopic (exact) mass is 501 g/mol. The SMILES string of the molecule is CCCC(=O)N(Cc1ccccc1Cl)C1CC(=O)N(c2ccc(-c3nc4ccccc4o3)cc2)C1=O. The smallest absolute Gasteiger partial charge is 0.257 e. The van der Waals surface area contributed by atoms with Crippen LogP contribution in [-0.4, -0.2) is 33.6 Å². The molecule has 0 aliphatic carbocycles. The highest BCUT2D eigenvalue weighted by molar-refractivity contribution is 6.31. The summed E-state index contributed by atoms with van der Waals surface area (Å²) in [5.41, 5.74) is 3.32. The van der Waals surface area contributed by atoms with Crippen LogP contribution in [0.3, 0.4) is 0 Å². The van der Waals surface area contributed by atoms with Crippen LogP contribution in [0.15, 0.2) is 77.2 Å². The highest BCUT2D eigenvalue weighted by Gasteiger charge is 2.44. The first-order chi connectivity index (χ1) is 17.5. The van der Waals surface area contributed by atoms with Gasteiger partial charge in [-0.1, -0.05) is 48.9 Å². The molecule has 3 aromatic carbocycles. The lowest BCUT2D eigenvalue weighted by Crippen LogP contribution is -2.45. The molecule has 1 aliphatic heterocycles. The molecule has 36 heavy (non-hydrogen) atoms. The summed E-state index contributed by atoms with van der Waals surface area (Å²) in [6, 6.07) is 20.7. The fourth-order valence-corrected chi connectivity index (χ4v) is 4.61. The molecular formula is C28H24ClN3O4. The Morgan fingerprint density at radius 2 is 1.78 bits per heavy atom. The molecule has 1 fully saturated rings. The van der Waals surface area contributed by atoms with Crippen molar-refractivity contribution in [2.24, 2.45) is 0 Å². The topological polar surface area (TPSA) is 83.7 Å². The Hall–Kier alpha value is -3.97. The van der Waals surface area contributed by atoms with E-state index in [1.807, 2.05) is 43.3 Å². The second kappa shape index (κ2) is 9.95.